The van der Waals surface area contributed by atoms with E-state index in [-0.39, 0.29) is 18.9 Å². The molecule has 1 heterocycles. The van der Waals surface area contributed by atoms with Crippen molar-refractivity contribution in [2.75, 3.05) is 7.11 Å². The van der Waals surface area contributed by atoms with E-state index in [1.165, 1.54) is 4.68 Å². The summed E-state index contributed by atoms with van der Waals surface area (Å²) >= 11 is 0. The highest BCUT2D eigenvalue weighted by Gasteiger charge is 2.19. The van der Waals surface area contributed by atoms with Crippen LogP contribution in [0.15, 0.2) is 48.5 Å². The first-order valence-electron chi connectivity index (χ1n) is 8.00. The Kier molecular flexibility index (Phi) is 5.12. The Morgan fingerprint density at radius 2 is 1.92 bits per heavy atom. The number of nitrogens with zero attached hydrogens (tertiary/aromatic N) is 3. The Labute approximate surface area is 149 Å². The summed E-state index contributed by atoms with van der Waals surface area (Å²) in [5, 5.41) is 19.9. The predicted molar refractivity (Wildman–Crippen MR) is 93.7 cm³/mol. The minimum absolute atomic E-state index is 0.0488. The number of benzene rings is 2. The fraction of sp³-hybridized carbons (Fsp3) is 0.222. The number of ether oxygens (including phenoxy) is 1. The zero-order chi connectivity index (χ0) is 18.5. The molecule has 0 fully saturated rings. The summed E-state index contributed by atoms with van der Waals surface area (Å²) in [6.07, 6.45) is -0.226. The molecule has 26 heavy (non-hydrogen) atoms. The SMILES string of the molecule is COc1ccc(C(CC(=O)O)NC(=O)Cn2nnc3ccccc32)cc1. The number of amides is 1. The molecule has 1 aromatic heterocycles. The highest BCUT2D eigenvalue weighted by Crippen LogP contribution is 2.20. The van der Waals surface area contributed by atoms with Crippen molar-refractivity contribution < 1.29 is 19.4 Å². The number of hydrogen-bond donors (Lipinski definition) is 2. The lowest BCUT2D eigenvalue weighted by molar-refractivity contribution is -0.137. The number of carbonyl (C=O) groups is 2. The third kappa shape index (κ3) is 3.97. The van der Waals surface area contributed by atoms with E-state index in [2.05, 4.69) is 15.6 Å². The van der Waals surface area contributed by atoms with E-state index in [9.17, 15) is 9.59 Å². The lowest BCUT2D eigenvalue weighted by Gasteiger charge is -2.18. The van der Waals surface area contributed by atoms with Crippen LogP contribution >= 0.6 is 0 Å². The zero-order valence-corrected chi connectivity index (χ0v) is 14.1. The van der Waals surface area contributed by atoms with Crippen molar-refractivity contribution in [2.45, 2.75) is 19.0 Å². The molecule has 3 aromatic rings. The number of para-hydroxylation sites is 1. The van der Waals surface area contributed by atoms with Gasteiger partial charge < -0.3 is 15.2 Å². The van der Waals surface area contributed by atoms with Gasteiger partial charge in [0.2, 0.25) is 5.91 Å². The molecule has 0 saturated heterocycles. The first-order valence-corrected chi connectivity index (χ1v) is 8.00. The van der Waals surface area contributed by atoms with Gasteiger partial charge >= 0.3 is 5.97 Å². The van der Waals surface area contributed by atoms with Crippen molar-refractivity contribution in [1.29, 1.82) is 0 Å². The van der Waals surface area contributed by atoms with E-state index in [0.29, 0.717) is 16.8 Å². The average molecular weight is 354 g/mol. The maximum Gasteiger partial charge on any atom is 0.305 e. The summed E-state index contributed by atoms with van der Waals surface area (Å²) in [6, 6.07) is 13.6. The molecule has 2 N–H and O–H groups in total. The van der Waals surface area contributed by atoms with Gasteiger partial charge in [0.05, 0.1) is 25.1 Å². The molecule has 0 saturated carbocycles. The Hall–Kier alpha value is -3.42. The van der Waals surface area contributed by atoms with E-state index < -0.39 is 12.0 Å². The van der Waals surface area contributed by atoms with E-state index >= 15 is 0 Å². The monoisotopic (exact) mass is 354 g/mol. The minimum Gasteiger partial charge on any atom is -0.497 e. The standard InChI is InChI=1S/C18H18N4O4/c1-26-13-8-6-12(7-9-13)15(10-18(24)25)19-17(23)11-22-16-5-3-2-4-14(16)20-21-22/h2-9,15H,10-11H2,1H3,(H,19,23)(H,24,25). The van der Waals surface area contributed by atoms with Gasteiger partial charge in [-0.1, -0.05) is 29.5 Å². The molecule has 0 aliphatic rings. The van der Waals surface area contributed by atoms with Gasteiger partial charge in [-0.15, -0.1) is 5.10 Å². The van der Waals surface area contributed by atoms with Crippen molar-refractivity contribution in [3.8, 4) is 5.75 Å². The molecule has 0 aliphatic carbocycles. The van der Waals surface area contributed by atoms with Crippen molar-refractivity contribution in [2.24, 2.45) is 0 Å². The van der Waals surface area contributed by atoms with Crippen molar-refractivity contribution in [3.63, 3.8) is 0 Å². The molecule has 0 aliphatic heterocycles. The largest absolute Gasteiger partial charge is 0.497 e. The lowest BCUT2D eigenvalue weighted by atomic mass is 10.0. The van der Waals surface area contributed by atoms with Gasteiger partial charge in [-0.3, -0.25) is 9.59 Å². The fourth-order valence-corrected chi connectivity index (χ4v) is 2.67. The molecule has 0 radical (unpaired) electrons. The molecule has 1 unspecified atom stereocenters. The summed E-state index contributed by atoms with van der Waals surface area (Å²) in [7, 11) is 1.55. The molecule has 3 rings (SSSR count). The van der Waals surface area contributed by atoms with E-state index in [1.54, 1.807) is 37.4 Å². The molecule has 1 amide bonds. The highest BCUT2D eigenvalue weighted by atomic mass is 16.5. The summed E-state index contributed by atoms with van der Waals surface area (Å²) in [5.74, 6) is -0.691. The van der Waals surface area contributed by atoms with Crippen molar-refractivity contribution in [3.05, 3.63) is 54.1 Å². The smallest absolute Gasteiger partial charge is 0.305 e. The van der Waals surface area contributed by atoms with Gasteiger partial charge in [-0.05, 0) is 29.8 Å². The number of aromatic nitrogens is 3. The second-order valence-corrected chi connectivity index (χ2v) is 5.73. The number of rotatable bonds is 7. The van der Waals surface area contributed by atoms with Gasteiger partial charge in [0, 0.05) is 0 Å². The number of carboxylic acids is 1. The first-order chi connectivity index (χ1) is 12.6. The van der Waals surface area contributed by atoms with E-state index in [1.807, 2.05) is 18.2 Å². The fourth-order valence-electron chi connectivity index (χ4n) is 2.67. The van der Waals surface area contributed by atoms with E-state index in [0.717, 1.165) is 5.52 Å². The Bertz CT molecular complexity index is 920. The highest BCUT2D eigenvalue weighted by molar-refractivity contribution is 5.80. The summed E-state index contributed by atoms with van der Waals surface area (Å²) in [5.41, 5.74) is 2.12. The maximum absolute atomic E-state index is 12.4. The molecule has 8 nitrogen and oxygen atoms in total. The molecule has 0 spiro atoms. The van der Waals surface area contributed by atoms with Crippen molar-refractivity contribution in [1.82, 2.24) is 20.3 Å². The minimum atomic E-state index is -1.00. The van der Waals surface area contributed by atoms with Crippen LogP contribution in [0, 0.1) is 0 Å². The maximum atomic E-state index is 12.4. The van der Waals surface area contributed by atoms with Gasteiger partial charge in [-0.25, -0.2) is 4.68 Å². The zero-order valence-electron chi connectivity index (χ0n) is 14.1. The van der Waals surface area contributed by atoms with Crippen LogP contribution in [0.3, 0.4) is 0 Å². The third-order valence-corrected chi connectivity index (χ3v) is 3.95. The molecular formula is C18H18N4O4. The second kappa shape index (κ2) is 7.64. The van der Waals surface area contributed by atoms with Crippen LogP contribution in [0.25, 0.3) is 11.0 Å². The van der Waals surface area contributed by atoms with Crippen LogP contribution in [-0.4, -0.2) is 39.1 Å². The number of fused-ring (bicyclic) bond motifs is 1. The van der Waals surface area contributed by atoms with Crippen molar-refractivity contribution >= 4 is 22.9 Å². The number of hydrogen-bond acceptors (Lipinski definition) is 5. The second-order valence-electron chi connectivity index (χ2n) is 5.73. The number of carbonyl (C=O) groups excluding carboxylic acids is 1. The summed E-state index contributed by atoms with van der Waals surface area (Å²) in [4.78, 5) is 23.6. The molecular weight excluding hydrogens is 336 g/mol. The average Bonchev–Trinajstić information content (AvgIpc) is 3.04. The van der Waals surface area contributed by atoms with Crippen LogP contribution < -0.4 is 10.1 Å². The number of nitrogens with one attached hydrogen (secondary N) is 1. The van der Waals surface area contributed by atoms with E-state index in [4.69, 9.17) is 9.84 Å². The van der Waals surface area contributed by atoms with Crippen LogP contribution in [0.5, 0.6) is 5.75 Å². The summed E-state index contributed by atoms with van der Waals surface area (Å²) in [6.45, 7) is -0.0488. The van der Waals surface area contributed by atoms with Crippen LogP contribution in [-0.2, 0) is 16.1 Å². The number of methoxy groups -OCH3 is 1. The number of aliphatic carboxylic acids is 1. The third-order valence-electron chi connectivity index (χ3n) is 3.95. The normalized spacial score (nSPS) is 11.9. The van der Waals surface area contributed by atoms with Crippen LogP contribution in [0.1, 0.15) is 18.0 Å². The Morgan fingerprint density at radius 1 is 1.19 bits per heavy atom. The summed E-state index contributed by atoms with van der Waals surface area (Å²) < 4.78 is 6.58. The topological polar surface area (TPSA) is 106 Å². The Morgan fingerprint density at radius 3 is 2.62 bits per heavy atom. The molecule has 8 heteroatoms. The lowest BCUT2D eigenvalue weighted by Crippen LogP contribution is -2.33. The van der Waals surface area contributed by atoms with Crippen LogP contribution in [0.4, 0.5) is 0 Å². The van der Waals surface area contributed by atoms with Gasteiger partial charge in [0.25, 0.3) is 0 Å². The van der Waals surface area contributed by atoms with Gasteiger partial charge in [0.15, 0.2) is 0 Å². The molecule has 0 bridgehead atoms. The van der Waals surface area contributed by atoms with Crippen LogP contribution in [0.2, 0.25) is 0 Å². The number of carboxylic acid groups (broad SMARTS) is 1. The molecule has 1 atom stereocenters. The molecule has 134 valence electrons. The Balaban J connectivity index is 1.75. The van der Waals surface area contributed by atoms with Gasteiger partial charge in [-0.2, -0.15) is 0 Å². The molecule has 2 aromatic carbocycles. The van der Waals surface area contributed by atoms with Gasteiger partial charge in [0.1, 0.15) is 17.8 Å². The quantitative estimate of drug-likeness (QED) is 0.670. The first kappa shape index (κ1) is 17.4. The predicted octanol–water partition coefficient (Wildman–Crippen LogP) is 1.77.